The molecule has 76 valence electrons. The molecule has 0 unspecified atom stereocenters. The SMILES string of the molecule is O=C(NO)c1cc(Cl)cc2cnccc12. The lowest BCUT2D eigenvalue weighted by Crippen LogP contribution is -2.18. The van der Waals surface area contributed by atoms with Crippen LogP contribution in [-0.4, -0.2) is 16.1 Å². The lowest BCUT2D eigenvalue weighted by atomic mass is 10.1. The summed E-state index contributed by atoms with van der Waals surface area (Å²) in [5.41, 5.74) is 1.90. The summed E-state index contributed by atoms with van der Waals surface area (Å²) in [5, 5.41) is 10.5. The minimum atomic E-state index is -0.589. The molecule has 2 rings (SSSR count). The molecule has 4 nitrogen and oxygen atoms in total. The maximum Gasteiger partial charge on any atom is 0.275 e. The Hall–Kier alpha value is -1.65. The summed E-state index contributed by atoms with van der Waals surface area (Å²) in [5.74, 6) is -0.589. The Bertz CT molecular complexity index is 528. The van der Waals surface area contributed by atoms with E-state index < -0.39 is 5.91 Å². The number of rotatable bonds is 1. The normalized spacial score (nSPS) is 10.3. The van der Waals surface area contributed by atoms with Crippen molar-refractivity contribution in [2.45, 2.75) is 0 Å². The Labute approximate surface area is 90.5 Å². The second-order valence-electron chi connectivity index (χ2n) is 2.99. The topological polar surface area (TPSA) is 62.2 Å². The smallest absolute Gasteiger partial charge is 0.275 e. The standard InChI is InChI=1S/C10H7ClN2O2/c11-7-3-6-5-12-2-1-8(6)9(4-7)10(14)13-15/h1-5,15H,(H,13,14). The van der Waals surface area contributed by atoms with Crippen molar-refractivity contribution in [1.82, 2.24) is 10.5 Å². The Morgan fingerprint density at radius 1 is 1.47 bits per heavy atom. The zero-order chi connectivity index (χ0) is 10.8. The third kappa shape index (κ3) is 1.77. The first kappa shape index (κ1) is 9.89. The number of nitrogens with zero attached hydrogens (tertiary/aromatic N) is 1. The van der Waals surface area contributed by atoms with Crippen molar-refractivity contribution in [3.63, 3.8) is 0 Å². The number of fused-ring (bicyclic) bond motifs is 1. The summed E-state index contributed by atoms with van der Waals surface area (Å²) in [4.78, 5) is 15.3. The van der Waals surface area contributed by atoms with Gasteiger partial charge in [-0.3, -0.25) is 15.0 Å². The van der Waals surface area contributed by atoms with Gasteiger partial charge < -0.3 is 0 Å². The van der Waals surface area contributed by atoms with Crippen molar-refractivity contribution in [3.8, 4) is 0 Å². The average Bonchev–Trinajstić information content (AvgIpc) is 2.26. The number of hydrogen-bond donors (Lipinski definition) is 2. The number of hydroxylamine groups is 1. The van der Waals surface area contributed by atoms with Gasteiger partial charge in [0.25, 0.3) is 5.91 Å². The molecular weight excluding hydrogens is 216 g/mol. The van der Waals surface area contributed by atoms with Crippen LogP contribution in [0.15, 0.2) is 30.6 Å². The highest BCUT2D eigenvalue weighted by Crippen LogP contribution is 2.22. The molecule has 0 aliphatic heterocycles. The van der Waals surface area contributed by atoms with Gasteiger partial charge >= 0.3 is 0 Å². The third-order valence-corrected chi connectivity index (χ3v) is 2.28. The van der Waals surface area contributed by atoms with Gasteiger partial charge in [-0.1, -0.05) is 11.6 Å². The van der Waals surface area contributed by atoms with Gasteiger partial charge in [0.1, 0.15) is 0 Å². The van der Waals surface area contributed by atoms with Gasteiger partial charge in [-0.2, -0.15) is 0 Å². The van der Waals surface area contributed by atoms with Crippen LogP contribution in [0.5, 0.6) is 0 Å². The zero-order valence-corrected chi connectivity index (χ0v) is 8.32. The fourth-order valence-corrected chi connectivity index (χ4v) is 1.65. The molecule has 0 bridgehead atoms. The number of aromatic nitrogens is 1. The van der Waals surface area contributed by atoms with Crippen LogP contribution in [0.4, 0.5) is 0 Å². The average molecular weight is 223 g/mol. The molecule has 0 spiro atoms. The molecular formula is C10H7ClN2O2. The second-order valence-corrected chi connectivity index (χ2v) is 3.43. The number of nitrogens with one attached hydrogen (secondary N) is 1. The van der Waals surface area contributed by atoms with E-state index >= 15 is 0 Å². The highest BCUT2D eigenvalue weighted by Gasteiger charge is 2.10. The fraction of sp³-hybridized carbons (Fsp3) is 0. The summed E-state index contributed by atoms with van der Waals surface area (Å²) in [6, 6.07) is 4.89. The number of carbonyl (C=O) groups excluding carboxylic acids is 1. The van der Waals surface area contributed by atoms with Crippen molar-refractivity contribution in [1.29, 1.82) is 0 Å². The Morgan fingerprint density at radius 2 is 2.27 bits per heavy atom. The summed E-state index contributed by atoms with van der Waals surface area (Å²) in [7, 11) is 0. The van der Waals surface area contributed by atoms with Crippen LogP contribution in [0, 0.1) is 0 Å². The van der Waals surface area contributed by atoms with Crippen molar-refractivity contribution in [2.24, 2.45) is 0 Å². The van der Waals surface area contributed by atoms with Gasteiger partial charge in [-0.25, -0.2) is 5.48 Å². The third-order valence-electron chi connectivity index (χ3n) is 2.06. The predicted molar refractivity (Wildman–Crippen MR) is 56.0 cm³/mol. The molecule has 2 aromatic rings. The summed E-state index contributed by atoms with van der Waals surface area (Å²) >= 11 is 5.84. The molecule has 1 aromatic heterocycles. The molecule has 5 heteroatoms. The van der Waals surface area contributed by atoms with Crippen LogP contribution >= 0.6 is 11.6 Å². The van der Waals surface area contributed by atoms with E-state index in [0.717, 1.165) is 5.39 Å². The second kappa shape index (κ2) is 3.84. The van der Waals surface area contributed by atoms with Crippen LogP contribution in [0.1, 0.15) is 10.4 Å². The van der Waals surface area contributed by atoms with Gasteiger partial charge in [0, 0.05) is 22.8 Å². The van der Waals surface area contributed by atoms with E-state index in [1.165, 1.54) is 6.07 Å². The molecule has 0 aliphatic carbocycles. The van der Waals surface area contributed by atoms with Crippen molar-refractivity contribution in [3.05, 3.63) is 41.2 Å². The minimum absolute atomic E-state index is 0.322. The van der Waals surface area contributed by atoms with Crippen molar-refractivity contribution >= 4 is 28.3 Å². The van der Waals surface area contributed by atoms with E-state index in [1.54, 1.807) is 30.0 Å². The van der Waals surface area contributed by atoms with Gasteiger partial charge in [0.2, 0.25) is 0 Å². The molecule has 0 saturated heterocycles. The molecule has 1 amide bonds. The monoisotopic (exact) mass is 222 g/mol. The molecule has 1 aromatic carbocycles. The lowest BCUT2D eigenvalue weighted by Gasteiger charge is -2.04. The number of halogens is 1. The highest BCUT2D eigenvalue weighted by molar-refractivity contribution is 6.32. The Kier molecular flexibility index (Phi) is 2.53. The number of benzene rings is 1. The van der Waals surface area contributed by atoms with Crippen LogP contribution < -0.4 is 5.48 Å². The minimum Gasteiger partial charge on any atom is -0.288 e. The van der Waals surface area contributed by atoms with Gasteiger partial charge in [0.05, 0.1) is 5.56 Å². The summed E-state index contributed by atoms with van der Waals surface area (Å²) in [6.45, 7) is 0. The lowest BCUT2D eigenvalue weighted by molar-refractivity contribution is 0.0708. The Morgan fingerprint density at radius 3 is 3.00 bits per heavy atom. The van der Waals surface area contributed by atoms with Crippen molar-refractivity contribution in [2.75, 3.05) is 0 Å². The summed E-state index contributed by atoms with van der Waals surface area (Å²) in [6.07, 6.45) is 3.18. The number of amides is 1. The quantitative estimate of drug-likeness (QED) is 0.573. The summed E-state index contributed by atoms with van der Waals surface area (Å²) < 4.78 is 0. The van der Waals surface area contributed by atoms with E-state index in [0.29, 0.717) is 16.0 Å². The van der Waals surface area contributed by atoms with Gasteiger partial charge in [0.15, 0.2) is 0 Å². The zero-order valence-electron chi connectivity index (χ0n) is 7.57. The van der Waals surface area contributed by atoms with E-state index in [9.17, 15) is 4.79 Å². The maximum absolute atomic E-state index is 11.3. The molecule has 0 atom stereocenters. The highest BCUT2D eigenvalue weighted by atomic mass is 35.5. The van der Waals surface area contributed by atoms with E-state index in [4.69, 9.17) is 16.8 Å². The first-order valence-corrected chi connectivity index (χ1v) is 4.58. The Balaban J connectivity index is 2.76. The van der Waals surface area contributed by atoms with E-state index in [2.05, 4.69) is 4.98 Å². The van der Waals surface area contributed by atoms with E-state index in [-0.39, 0.29) is 0 Å². The molecule has 0 radical (unpaired) electrons. The van der Waals surface area contributed by atoms with E-state index in [1.807, 2.05) is 0 Å². The van der Waals surface area contributed by atoms with Gasteiger partial charge in [-0.05, 0) is 23.6 Å². The first-order valence-electron chi connectivity index (χ1n) is 4.20. The maximum atomic E-state index is 11.3. The predicted octanol–water partition coefficient (Wildman–Crippen LogP) is 2.01. The molecule has 2 N–H and O–H groups in total. The fourth-order valence-electron chi connectivity index (χ4n) is 1.42. The first-order chi connectivity index (χ1) is 7.22. The largest absolute Gasteiger partial charge is 0.288 e. The number of hydrogen-bond acceptors (Lipinski definition) is 3. The molecule has 1 heterocycles. The molecule has 0 saturated carbocycles. The molecule has 0 aliphatic rings. The van der Waals surface area contributed by atoms with Crippen LogP contribution in [0.3, 0.4) is 0 Å². The van der Waals surface area contributed by atoms with Crippen LogP contribution in [0.2, 0.25) is 5.02 Å². The van der Waals surface area contributed by atoms with Gasteiger partial charge in [-0.15, -0.1) is 0 Å². The molecule has 15 heavy (non-hydrogen) atoms. The van der Waals surface area contributed by atoms with Crippen molar-refractivity contribution < 1.29 is 10.0 Å². The molecule has 0 fully saturated rings. The number of carbonyl (C=O) groups is 1. The number of pyridine rings is 1. The van der Waals surface area contributed by atoms with Crippen LogP contribution in [-0.2, 0) is 0 Å². The van der Waals surface area contributed by atoms with Crippen LogP contribution in [0.25, 0.3) is 10.8 Å².